The van der Waals surface area contributed by atoms with Crippen molar-refractivity contribution in [1.82, 2.24) is 9.97 Å². The standard InChI is InChI=1S/C42H28N4S3/c1-3-7-29(8-4-1)37-15-17-41(48-37)45(31-19-23-43-24-20-31)33-11-13-39-35(27-33)36-28-34(12-14-40(36)47-39)46(32-21-25-44-26-22-32)42-18-16-38(49-42)30-9-5-2-6-10-30/h1-28H. The molecule has 9 rings (SSSR count). The minimum Gasteiger partial charge on any atom is -0.302 e. The van der Waals surface area contributed by atoms with Crippen LogP contribution in [0.1, 0.15) is 0 Å². The van der Waals surface area contributed by atoms with Crippen LogP contribution in [0.3, 0.4) is 0 Å². The highest BCUT2D eigenvalue weighted by atomic mass is 32.1. The Balaban J connectivity index is 1.17. The summed E-state index contributed by atoms with van der Waals surface area (Å²) >= 11 is 5.43. The highest BCUT2D eigenvalue weighted by Gasteiger charge is 2.20. The maximum absolute atomic E-state index is 4.32. The molecule has 0 bridgehead atoms. The molecule has 49 heavy (non-hydrogen) atoms. The van der Waals surface area contributed by atoms with Crippen LogP contribution in [0, 0.1) is 0 Å². The molecule has 0 fully saturated rings. The summed E-state index contributed by atoms with van der Waals surface area (Å²) in [5.74, 6) is 0. The molecule has 0 radical (unpaired) electrons. The summed E-state index contributed by atoms with van der Waals surface area (Å²) in [6, 6.07) is 52.0. The monoisotopic (exact) mass is 684 g/mol. The first-order valence-electron chi connectivity index (χ1n) is 16.0. The summed E-state index contributed by atoms with van der Waals surface area (Å²) < 4.78 is 2.53. The summed E-state index contributed by atoms with van der Waals surface area (Å²) in [5, 5.41) is 4.79. The molecule has 0 aliphatic rings. The first-order chi connectivity index (χ1) is 24.3. The third kappa shape index (κ3) is 5.68. The van der Waals surface area contributed by atoms with E-state index in [1.807, 2.05) is 36.1 Å². The number of hydrogen-bond acceptors (Lipinski definition) is 7. The van der Waals surface area contributed by atoms with Gasteiger partial charge in [0, 0.05) is 77.5 Å². The van der Waals surface area contributed by atoms with E-state index in [1.54, 1.807) is 22.7 Å². The maximum atomic E-state index is 4.32. The molecule has 0 aliphatic heterocycles. The lowest BCUT2D eigenvalue weighted by molar-refractivity contribution is 1.26. The first-order valence-corrected chi connectivity index (χ1v) is 18.4. The molecule has 0 atom stereocenters. The summed E-state index contributed by atoms with van der Waals surface area (Å²) in [4.78, 5) is 15.8. The van der Waals surface area contributed by atoms with Crippen LogP contribution in [0.2, 0.25) is 0 Å². The van der Waals surface area contributed by atoms with Crippen molar-refractivity contribution in [3.8, 4) is 20.9 Å². The molecule has 5 aromatic heterocycles. The van der Waals surface area contributed by atoms with Gasteiger partial charge in [-0.2, -0.15) is 0 Å². The molecule has 5 heterocycles. The molecule has 4 nitrogen and oxygen atoms in total. The van der Waals surface area contributed by atoms with Gasteiger partial charge in [-0.3, -0.25) is 9.97 Å². The number of hydrogen-bond donors (Lipinski definition) is 0. The highest BCUT2D eigenvalue weighted by molar-refractivity contribution is 7.25. The topological polar surface area (TPSA) is 32.3 Å². The van der Waals surface area contributed by atoms with Gasteiger partial charge in [0.15, 0.2) is 0 Å². The van der Waals surface area contributed by atoms with E-state index >= 15 is 0 Å². The molecular weight excluding hydrogens is 657 g/mol. The number of nitrogens with zero attached hydrogens (tertiary/aromatic N) is 4. The van der Waals surface area contributed by atoms with Crippen molar-refractivity contribution in [2.75, 3.05) is 9.80 Å². The van der Waals surface area contributed by atoms with E-state index in [4.69, 9.17) is 0 Å². The number of rotatable bonds is 8. The second kappa shape index (κ2) is 12.8. The van der Waals surface area contributed by atoms with Crippen molar-refractivity contribution in [1.29, 1.82) is 0 Å². The highest BCUT2D eigenvalue weighted by Crippen LogP contribution is 2.46. The summed E-state index contributed by atoms with van der Waals surface area (Å²) in [6.07, 6.45) is 7.45. The lowest BCUT2D eigenvalue weighted by atomic mass is 10.1. The Morgan fingerprint density at radius 1 is 0.367 bits per heavy atom. The van der Waals surface area contributed by atoms with Crippen molar-refractivity contribution in [2.24, 2.45) is 0 Å². The van der Waals surface area contributed by atoms with Crippen molar-refractivity contribution >= 4 is 86.9 Å². The fourth-order valence-electron chi connectivity index (χ4n) is 6.24. The zero-order valence-corrected chi connectivity index (χ0v) is 28.6. The Bertz CT molecular complexity index is 2330. The molecule has 0 saturated carbocycles. The lowest BCUT2D eigenvalue weighted by Crippen LogP contribution is -2.08. The predicted octanol–water partition coefficient (Wildman–Crippen LogP) is 13.2. The zero-order valence-electron chi connectivity index (χ0n) is 26.2. The normalized spacial score (nSPS) is 11.3. The number of anilines is 6. The number of pyridine rings is 2. The average Bonchev–Trinajstić information content (AvgIpc) is 3.93. The van der Waals surface area contributed by atoms with Gasteiger partial charge < -0.3 is 9.80 Å². The second-order valence-electron chi connectivity index (χ2n) is 11.6. The predicted molar refractivity (Wildman–Crippen MR) is 211 cm³/mol. The van der Waals surface area contributed by atoms with Crippen LogP contribution < -0.4 is 9.80 Å². The number of fused-ring (bicyclic) bond motifs is 3. The van der Waals surface area contributed by atoms with Gasteiger partial charge in [-0.25, -0.2) is 0 Å². The number of thiophene rings is 3. The average molecular weight is 685 g/mol. The van der Waals surface area contributed by atoms with Crippen LogP contribution in [0.25, 0.3) is 41.1 Å². The summed E-state index contributed by atoms with van der Waals surface area (Å²) in [6.45, 7) is 0. The molecular formula is C42H28N4S3. The van der Waals surface area contributed by atoms with Crippen LogP contribution >= 0.6 is 34.0 Å². The van der Waals surface area contributed by atoms with Gasteiger partial charge in [0.25, 0.3) is 0 Å². The van der Waals surface area contributed by atoms with Crippen LogP contribution in [0.4, 0.5) is 32.8 Å². The molecule has 234 valence electrons. The van der Waals surface area contributed by atoms with E-state index < -0.39 is 0 Å². The van der Waals surface area contributed by atoms with Crippen LogP contribution in [0.5, 0.6) is 0 Å². The van der Waals surface area contributed by atoms with E-state index in [2.05, 4.69) is 165 Å². The first kappa shape index (κ1) is 29.5. The molecule has 0 unspecified atom stereocenters. The van der Waals surface area contributed by atoms with Crippen molar-refractivity contribution in [3.05, 3.63) is 170 Å². The SMILES string of the molecule is c1ccc(-c2ccc(N(c3ccncc3)c3ccc4sc5ccc(N(c6ccncc6)c6ccc(-c7ccccc7)s6)cc5c4c3)s2)cc1. The van der Waals surface area contributed by atoms with Crippen molar-refractivity contribution < 1.29 is 0 Å². The Hall–Kier alpha value is -5.60. The lowest BCUT2D eigenvalue weighted by Gasteiger charge is -2.24. The second-order valence-corrected chi connectivity index (χ2v) is 14.8. The molecule has 0 N–H and O–H groups in total. The Morgan fingerprint density at radius 2 is 0.796 bits per heavy atom. The third-order valence-electron chi connectivity index (χ3n) is 8.54. The van der Waals surface area contributed by atoms with Gasteiger partial charge in [-0.05, 0) is 96.1 Å². The van der Waals surface area contributed by atoms with Crippen molar-refractivity contribution in [3.63, 3.8) is 0 Å². The van der Waals surface area contributed by atoms with Gasteiger partial charge in [0.2, 0.25) is 0 Å². The minimum absolute atomic E-state index is 1.08. The van der Waals surface area contributed by atoms with Gasteiger partial charge >= 0.3 is 0 Å². The Morgan fingerprint density at radius 3 is 1.22 bits per heavy atom. The summed E-state index contributed by atoms with van der Waals surface area (Å²) in [7, 11) is 0. The largest absolute Gasteiger partial charge is 0.302 e. The number of benzene rings is 4. The van der Waals surface area contributed by atoms with Crippen LogP contribution in [-0.4, -0.2) is 9.97 Å². The van der Waals surface area contributed by atoms with Crippen molar-refractivity contribution in [2.45, 2.75) is 0 Å². The Kier molecular flexibility index (Phi) is 7.70. The quantitative estimate of drug-likeness (QED) is 0.159. The van der Waals surface area contributed by atoms with E-state index in [9.17, 15) is 0 Å². The van der Waals surface area contributed by atoms with Gasteiger partial charge in [0.1, 0.15) is 10.0 Å². The number of aromatic nitrogens is 2. The van der Waals surface area contributed by atoms with Gasteiger partial charge in [0.05, 0.1) is 0 Å². The zero-order chi connectivity index (χ0) is 32.6. The van der Waals surface area contributed by atoms with E-state index in [0.29, 0.717) is 0 Å². The molecule has 0 spiro atoms. The van der Waals surface area contributed by atoms with Gasteiger partial charge in [-0.1, -0.05) is 60.7 Å². The minimum atomic E-state index is 1.08. The maximum Gasteiger partial charge on any atom is 0.101 e. The molecule has 0 amide bonds. The smallest absolute Gasteiger partial charge is 0.101 e. The van der Waals surface area contributed by atoms with E-state index in [1.165, 1.54) is 41.1 Å². The van der Waals surface area contributed by atoms with E-state index in [-0.39, 0.29) is 0 Å². The Labute approximate surface area is 296 Å². The fraction of sp³-hybridized carbons (Fsp3) is 0. The molecule has 9 aromatic rings. The van der Waals surface area contributed by atoms with Crippen LogP contribution in [0.15, 0.2) is 170 Å². The molecule has 7 heteroatoms. The van der Waals surface area contributed by atoms with Gasteiger partial charge in [-0.15, -0.1) is 34.0 Å². The van der Waals surface area contributed by atoms with Crippen LogP contribution in [-0.2, 0) is 0 Å². The third-order valence-corrected chi connectivity index (χ3v) is 11.9. The fourth-order valence-corrected chi connectivity index (χ4v) is 9.41. The summed E-state index contributed by atoms with van der Waals surface area (Å²) in [5.41, 5.74) is 6.82. The molecule has 0 saturated heterocycles. The van der Waals surface area contributed by atoms with E-state index in [0.717, 1.165) is 32.8 Å². The molecule has 4 aromatic carbocycles. The molecule has 0 aliphatic carbocycles.